The molecular formula is C16H17N3O3. The fourth-order valence-corrected chi connectivity index (χ4v) is 2.81. The van der Waals surface area contributed by atoms with Gasteiger partial charge in [0, 0.05) is 30.8 Å². The number of aliphatic hydroxyl groups excluding tert-OH is 1. The molecule has 3 rings (SSSR count). The van der Waals surface area contributed by atoms with Gasteiger partial charge in [-0.15, -0.1) is 0 Å². The van der Waals surface area contributed by atoms with Crippen molar-refractivity contribution in [1.82, 2.24) is 9.99 Å². The van der Waals surface area contributed by atoms with Gasteiger partial charge in [0.1, 0.15) is 0 Å². The Morgan fingerprint density at radius 1 is 1.36 bits per heavy atom. The Kier molecular flexibility index (Phi) is 3.54. The molecule has 6 heteroatoms. The monoisotopic (exact) mass is 299 g/mol. The summed E-state index contributed by atoms with van der Waals surface area (Å²) in [7, 11) is 1.73. The van der Waals surface area contributed by atoms with Gasteiger partial charge in [0.05, 0.1) is 17.8 Å². The molecule has 0 fully saturated rings. The normalized spacial score (nSPS) is 18.2. The summed E-state index contributed by atoms with van der Waals surface area (Å²) in [6.07, 6.45) is 0.222. The van der Waals surface area contributed by atoms with Crippen molar-refractivity contribution >= 4 is 22.5 Å². The Bertz CT molecular complexity index is 852. The highest BCUT2D eigenvalue weighted by Gasteiger charge is 2.25. The Morgan fingerprint density at radius 3 is 2.86 bits per heavy atom. The molecule has 114 valence electrons. The van der Waals surface area contributed by atoms with E-state index >= 15 is 0 Å². The molecule has 0 aliphatic carbocycles. The quantitative estimate of drug-likeness (QED) is 0.855. The predicted octanol–water partition coefficient (Wildman–Crippen LogP) is 0.679. The van der Waals surface area contributed by atoms with Gasteiger partial charge in [-0.25, -0.2) is 5.43 Å². The molecule has 1 aliphatic rings. The van der Waals surface area contributed by atoms with Gasteiger partial charge in [-0.05, 0) is 30.2 Å². The molecule has 0 radical (unpaired) electrons. The smallest absolute Gasteiger partial charge is 0.251 e. The summed E-state index contributed by atoms with van der Waals surface area (Å²) in [4.78, 5) is 23.2. The van der Waals surface area contributed by atoms with Gasteiger partial charge in [-0.3, -0.25) is 9.59 Å². The molecule has 2 N–H and O–H groups in total. The third kappa shape index (κ3) is 2.31. The van der Waals surface area contributed by atoms with E-state index in [1.165, 1.54) is 0 Å². The topological polar surface area (TPSA) is 83.7 Å². The lowest BCUT2D eigenvalue weighted by Gasteiger charge is -2.21. The fraction of sp³-hybridized carbons (Fsp3) is 0.312. The van der Waals surface area contributed by atoms with Crippen molar-refractivity contribution in [2.75, 3.05) is 6.61 Å². The van der Waals surface area contributed by atoms with Crippen molar-refractivity contribution in [2.45, 2.75) is 13.3 Å². The molecule has 2 heterocycles. The van der Waals surface area contributed by atoms with E-state index in [0.717, 1.165) is 22.0 Å². The van der Waals surface area contributed by atoms with Crippen molar-refractivity contribution in [3.8, 4) is 0 Å². The van der Waals surface area contributed by atoms with Crippen LogP contribution in [0, 0.1) is 12.8 Å². The van der Waals surface area contributed by atoms with Gasteiger partial charge < -0.3 is 9.67 Å². The van der Waals surface area contributed by atoms with Crippen LogP contribution in [0.2, 0.25) is 0 Å². The molecule has 1 amide bonds. The van der Waals surface area contributed by atoms with Gasteiger partial charge in [-0.1, -0.05) is 6.07 Å². The second-order valence-corrected chi connectivity index (χ2v) is 5.57. The standard InChI is InChI=1S/C16H17N3O3/c1-9-5-15(22)19(2)13-4-3-10(6-12(9)13)16-11(8-20)7-14(21)17-18-16/h3-6,11,20H,7-8H2,1-2H3,(H,17,21). The van der Waals surface area contributed by atoms with E-state index in [1.54, 1.807) is 17.7 Å². The number of amides is 1. The van der Waals surface area contributed by atoms with Crippen molar-refractivity contribution in [1.29, 1.82) is 0 Å². The van der Waals surface area contributed by atoms with Crippen LogP contribution in [0.1, 0.15) is 17.5 Å². The van der Waals surface area contributed by atoms with Crippen LogP contribution >= 0.6 is 0 Å². The van der Waals surface area contributed by atoms with E-state index in [0.29, 0.717) is 5.71 Å². The summed E-state index contributed by atoms with van der Waals surface area (Å²) in [6.45, 7) is 1.76. The SMILES string of the molecule is Cc1cc(=O)n(C)c2ccc(C3=NNC(=O)CC3CO)cc12. The molecule has 1 aliphatic heterocycles. The largest absolute Gasteiger partial charge is 0.396 e. The van der Waals surface area contributed by atoms with E-state index in [2.05, 4.69) is 10.5 Å². The van der Waals surface area contributed by atoms with Crippen molar-refractivity contribution < 1.29 is 9.90 Å². The van der Waals surface area contributed by atoms with Crippen molar-refractivity contribution in [2.24, 2.45) is 18.1 Å². The highest BCUT2D eigenvalue weighted by atomic mass is 16.3. The summed E-state index contributed by atoms with van der Waals surface area (Å²) in [5.41, 5.74) is 5.65. The number of nitrogens with one attached hydrogen (secondary N) is 1. The van der Waals surface area contributed by atoms with Gasteiger partial charge in [-0.2, -0.15) is 5.10 Å². The maximum absolute atomic E-state index is 11.8. The molecular weight excluding hydrogens is 282 g/mol. The Hall–Kier alpha value is -2.47. The minimum Gasteiger partial charge on any atom is -0.396 e. The second-order valence-electron chi connectivity index (χ2n) is 5.57. The molecule has 1 aromatic heterocycles. The van der Waals surface area contributed by atoms with Crippen LogP contribution in [0.5, 0.6) is 0 Å². The second kappa shape index (κ2) is 5.38. The number of carbonyl (C=O) groups excluding carboxylic acids is 1. The first-order chi connectivity index (χ1) is 10.5. The number of aromatic nitrogens is 1. The van der Waals surface area contributed by atoms with E-state index in [1.807, 2.05) is 25.1 Å². The Labute approximate surface area is 127 Å². The highest BCUT2D eigenvalue weighted by Crippen LogP contribution is 2.22. The number of aryl methyl sites for hydroxylation is 2. The molecule has 1 aromatic carbocycles. The molecule has 22 heavy (non-hydrogen) atoms. The van der Waals surface area contributed by atoms with E-state index in [9.17, 15) is 14.7 Å². The summed E-state index contributed by atoms with van der Waals surface area (Å²) in [5.74, 6) is -0.499. The number of rotatable bonds is 2. The summed E-state index contributed by atoms with van der Waals surface area (Å²) in [6, 6.07) is 7.27. The van der Waals surface area contributed by atoms with Gasteiger partial charge in [0.2, 0.25) is 5.91 Å². The van der Waals surface area contributed by atoms with E-state index < -0.39 is 0 Å². The van der Waals surface area contributed by atoms with Crippen molar-refractivity contribution in [3.63, 3.8) is 0 Å². The molecule has 6 nitrogen and oxygen atoms in total. The fourth-order valence-electron chi connectivity index (χ4n) is 2.81. The predicted molar refractivity (Wildman–Crippen MR) is 83.8 cm³/mol. The van der Waals surface area contributed by atoms with Gasteiger partial charge in [0.25, 0.3) is 5.56 Å². The maximum atomic E-state index is 11.8. The number of nitrogens with zero attached hydrogens (tertiary/aromatic N) is 2. The third-order valence-corrected chi connectivity index (χ3v) is 4.09. The van der Waals surface area contributed by atoms with Crippen LogP contribution in [0.3, 0.4) is 0 Å². The number of aliphatic hydroxyl groups is 1. The molecule has 0 saturated heterocycles. The van der Waals surface area contributed by atoms with Crippen LogP contribution in [0.15, 0.2) is 34.2 Å². The minimum absolute atomic E-state index is 0.0479. The third-order valence-electron chi connectivity index (χ3n) is 4.09. The molecule has 0 bridgehead atoms. The molecule has 0 spiro atoms. The Balaban J connectivity index is 2.17. The lowest BCUT2D eigenvalue weighted by atomic mass is 9.92. The van der Waals surface area contributed by atoms with Crippen LogP contribution in [0.4, 0.5) is 0 Å². The number of pyridine rings is 1. The van der Waals surface area contributed by atoms with E-state index in [4.69, 9.17) is 0 Å². The van der Waals surface area contributed by atoms with Crippen LogP contribution in [-0.2, 0) is 11.8 Å². The number of carbonyl (C=O) groups is 1. The van der Waals surface area contributed by atoms with Gasteiger partial charge >= 0.3 is 0 Å². The zero-order valence-corrected chi connectivity index (χ0v) is 12.5. The summed E-state index contributed by atoms with van der Waals surface area (Å²) >= 11 is 0. The number of hydrogen-bond donors (Lipinski definition) is 2. The highest BCUT2D eigenvalue weighted by molar-refractivity contribution is 6.07. The van der Waals surface area contributed by atoms with Crippen LogP contribution in [0.25, 0.3) is 10.9 Å². The average Bonchev–Trinajstić information content (AvgIpc) is 2.52. The summed E-state index contributed by atoms with van der Waals surface area (Å²) < 4.78 is 1.60. The van der Waals surface area contributed by atoms with Crippen LogP contribution < -0.4 is 11.0 Å². The number of hydrogen-bond acceptors (Lipinski definition) is 4. The molecule has 0 saturated carbocycles. The van der Waals surface area contributed by atoms with Crippen molar-refractivity contribution in [3.05, 3.63) is 45.7 Å². The zero-order valence-electron chi connectivity index (χ0n) is 12.5. The lowest BCUT2D eigenvalue weighted by molar-refractivity contribution is -0.122. The van der Waals surface area contributed by atoms with Crippen LogP contribution in [-0.4, -0.2) is 27.9 Å². The lowest BCUT2D eigenvalue weighted by Crippen LogP contribution is -2.35. The maximum Gasteiger partial charge on any atom is 0.251 e. The summed E-state index contributed by atoms with van der Waals surface area (Å²) in [5, 5.41) is 14.5. The molecule has 1 unspecified atom stereocenters. The van der Waals surface area contributed by atoms with Gasteiger partial charge in [0.15, 0.2) is 0 Å². The minimum atomic E-state index is -0.306. The first-order valence-corrected chi connectivity index (χ1v) is 7.09. The van der Waals surface area contributed by atoms with E-state index in [-0.39, 0.29) is 30.4 Å². The number of benzene rings is 1. The first-order valence-electron chi connectivity index (χ1n) is 7.09. The Morgan fingerprint density at radius 2 is 2.14 bits per heavy atom. The molecule has 2 aromatic rings. The number of fused-ring (bicyclic) bond motifs is 1. The first kappa shape index (κ1) is 14.5. The molecule has 1 atom stereocenters. The number of hydrazone groups is 1. The zero-order chi connectivity index (χ0) is 15.9. The average molecular weight is 299 g/mol.